The lowest BCUT2D eigenvalue weighted by atomic mass is 9.82. The number of aromatic nitrogens is 2. The Morgan fingerprint density at radius 2 is 2.12 bits per heavy atom. The lowest BCUT2D eigenvalue weighted by Gasteiger charge is -2.29. The van der Waals surface area contributed by atoms with Crippen molar-refractivity contribution in [2.24, 2.45) is 11.3 Å². The van der Waals surface area contributed by atoms with Gasteiger partial charge in [0.1, 0.15) is 0 Å². The van der Waals surface area contributed by atoms with Gasteiger partial charge in [0.05, 0.1) is 6.61 Å². The maximum absolute atomic E-state index is 12.7. The SMILES string of the molecule is Cc1cnc(OCC23CCCC2CN(C(=O)NC2CCOCC2)C3)nc1. The summed E-state index contributed by atoms with van der Waals surface area (Å²) in [7, 11) is 0. The highest BCUT2D eigenvalue weighted by Crippen LogP contribution is 2.48. The number of ether oxygens (including phenoxy) is 2. The molecule has 0 bridgehead atoms. The molecule has 0 aromatic carbocycles. The monoisotopic (exact) mass is 360 g/mol. The van der Waals surface area contributed by atoms with Crippen molar-refractivity contribution in [1.82, 2.24) is 20.2 Å². The van der Waals surface area contributed by atoms with Crippen molar-refractivity contribution in [2.75, 3.05) is 32.9 Å². The van der Waals surface area contributed by atoms with Crippen LogP contribution in [0.15, 0.2) is 12.4 Å². The third kappa shape index (κ3) is 3.63. The average Bonchev–Trinajstić information content (AvgIpc) is 3.19. The third-order valence-electron chi connectivity index (χ3n) is 6.12. The molecule has 3 fully saturated rings. The summed E-state index contributed by atoms with van der Waals surface area (Å²) in [6.07, 6.45) is 8.83. The topological polar surface area (TPSA) is 76.6 Å². The molecule has 2 saturated heterocycles. The van der Waals surface area contributed by atoms with Crippen molar-refractivity contribution >= 4 is 6.03 Å². The van der Waals surface area contributed by atoms with Crippen molar-refractivity contribution < 1.29 is 14.3 Å². The number of carbonyl (C=O) groups excluding carboxylic acids is 1. The van der Waals surface area contributed by atoms with Crippen LogP contribution in [-0.2, 0) is 4.74 Å². The van der Waals surface area contributed by atoms with Crippen molar-refractivity contribution in [3.8, 4) is 6.01 Å². The van der Waals surface area contributed by atoms with Crippen LogP contribution in [-0.4, -0.2) is 59.9 Å². The van der Waals surface area contributed by atoms with E-state index in [-0.39, 0.29) is 17.5 Å². The number of fused-ring (bicyclic) bond motifs is 1. The summed E-state index contributed by atoms with van der Waals surface area (Å²) >= 11 is 0. The second kappa shape index (κ2) is 7.39. The number of urea groups is 1. The summed E-state index contributed by atoms with van der Waals surface area (Å²) in [5.41, 5.74) is 1.06. The minimum absolute atomic E-state index is 0.0429. The summed E-state index contributed by atoms with van der Waals surface area (Å²) in [4.78, 5) is 23.2. The van der Waals surface area contributed by atoms with Gasteiger partial charge in [-0.25, -0.2) is 14.8 Å². The minimum atomic E-state index is 0.0429. The van der Waals surface area contributed by atoms with E-state index in [2.05, 4.69) is 15.3 Å². The largest absolute Gasteiger partial charge is 0.463 e. The Bertz CT molecular complexity index is 632. The highest BCUT2D eigenvalue weighted by molar-refractivity contribution is 5.75. The van der Waals surface area contributed by atoms with Crippen LogP contribution >= 0.6 is 0 Å². The van der Waals surface area contributed by atoms with Crippen molar-refractivity contribution in [3.63, 3.8) is 0 Å². The summed E-state index contributed by atoms with van der Waals surface area (Å²) in [6.45, 7) is 5.61. The summed E-state index contributed by atoms with van der Waals surface area (Å²) in [5, 5.41) is 3.19. The van der Waals surface area contributed by atoms with Crippen LogP contribution in [0, 0.1) is 18.3 Å². The second-order valence-corrected chi connectivity index (χ2v) is 8.00. The molecule has 1 aliphatic carbocycles. The Morgan fingerprint density at radius 3 is 2.88 bits per heavy atom. The molecular formula is C19H28N4O3. The van der Waals surface area contributed by atoms with E-state index in [0.29, 0.717) is 18.5 Å². The van der Waals surface area contributed by atoms with E-state index in [1.165, 1.54) is 12.8 Å². The molecule has 4 rings (SSSR count). The van der Waals surface area contributed by atoms with Gasteiger partial charge in [-0.15, -0.1) is 0 Å². The zero-order valence-corrected chi connectivity index (χ0v) is 15.4. The van der Waals surface area contributed by atoms with E-state index < -0.39 is 0 Å². The lowest BCUT2D eigenvalue weighted by Crippen LogP contribution is -2.46. The molecule has 1 saturated carbocycles. The number of carbonyl (C=O) groups is 1. The molecule has 2 aliphatic heterocycles. The number of amides is 2. The maximum Gasteiger partial charge on any atom is 0.317 e. The van der Waals surface area contributed by atoms with Crippen LogP contribution in [0.5, 0.6) is 6.01 Å². The van der Waals surface area contributed by atoms with Crippen LogP contribution in [0.1, 0.15) is 37.7 Å². The van der Waals surface area contributed by atoms with E-state index in [1.807, 2.05) is 11.8 Å². The van der Waals surface area contributed by atoms with E-state index in [4.69, 9.17) is 9.47 Å². The number of hydrogen-bond acceptors (Lipinski definition) is 5. The molecule has 142 valence electrons. The molecule has 0 spiro atoms. The molecule has 0 radical (unpaired) electrons. The maximum atomic E-state index is 12.7. The number of likely N-dealkylation sites (tertiary alicyclic amines) is 1. The van der Waals surface area contributed by atoms with Crippen LogP contribution in [0.3, 0.4) is 0 Å². The molecule has 1 aromatic rings. The van der Waals surface area contributed by atoms with E-state index in [0.717, 1.165) is 51.1 Å². The zero-order chi connectivity index (χ0) is 18.0. The molecule has 2 unspecified atom stereocenters. The quantitative estimate of drug-likeness (QED) is 0.890. The zero-order valence-electron chi connectivity index (χ0n) is 15.4. The molecule has 7 nitrogen and oxygen atoms in total. The fourth-order valence-corrected chi connectivity index (χ4v) is 4.58. The Morgan fingerprint density at radius 1 is 1.35 bits per heavy atom. The van der Waals surface area contributed by atoms with Gasteiger partial charge in [-0.05, 0) is 44.1 Å². The van der Waals surface area contributed by atoms with E-state index >= 15 is 0 Å². The molecule has 2 amide bonds. The number of nitrogens with zero attached hydrogens (tertiary/aromatic N) is 3. The number of hydrogen-bond donors (Lipinski definition) is 1. The number of rotatable bonds is 4. The van der Waals surface area contributed by atoms with E-state index in [9.17, 15) is 4.79 Å². The third-order valence-corrected chi connectivity index (χ3v) is 6.12. The van der Waals surface area contributed by atoms with Crippen LogP contribution in [0.4, 0.5) is 4.79 Å². The molecule has 26 heavy (non-hydrogen) atoms. The second-order valence-electron chi connectivity index (χ2n) is 8.00. The van der Waals surface area contributed by atoms with Crippen molar-refractivity contribution in [3.05, 3.63) is 18.0 Å². The summed E-state index contributed by atoms with van der Waals surface area (Å²) < 4.78 is 11.3. The fourth-order valence-electron chi connectivity index (χ4n) is 4.58. The first-order chi connectivity index (χ1) is 12.6. The standard InChI is InChI=1S/C19H28N4O3/c1-14-9-20-17(21-10-14)26-13-19-6-2-3-15(19)11-23(12-19)18(24)22-16-4-7-25-8-5-16/h9-10,15-16H,2-8,11-13H2,1H3,(H,22,24). The van der Waals surface area contributed by atoms with Gasteiger partial charge in [-0.1, -0.05) is 6.42 Å². The van der Waals surface area contributed by atoms with Gasteiger partial charge in [-0.2, -0.15) is 0 Å². The Hall–Kier alpha value is -1.89. The first-order valence-corrected chi connectivity index (χ1v) is 9.69. The van der Waals surface area contributed by atoms with Gasteiger partial charge in [-0.3, -0.25) is 0 Å². The van der Waals surface area contributed by atoms with Gasteiger partial charge in [0, 0.05) is 50.2 Å². The lowest BCUT2D eigenvalue weighted by molar-refractivity contribution is 0.0778. The Labute approximate surface area is 154 Å². The average molecular weight is 360 g/mol. The molecule has 2 atom stereocenters. The molecule has 1 aromatic heterocycles. The number of aryl methyl sites for hydroxylation is 1. The van der Waals surface area contributed by atoms with E-state index in [1.54, 1.807) is 12.4 Å². The summed E-state index contributed by atoms with van der Waals surface area (Å²) in [5.74, 6) is 0.508. The minimum Gasteiger partial charge on any atom is -0.463 e. The Kier molecular flexibility index (Phi) is 4.98. The molecule has 1 N–H and O–H groups in total. The first kappa shape index (κ1) is 17.5. The predicted octanol–water partition coefficient (Wildman–Crippen LogP) is 2.15. The molecule has 3 aliphatic rings. The van der Waals surface area contributed by atoms with Gasteiger partial charge >= 0.3 is 12.0 Å². The van der Waals surface area contributed by atoms with Gasteiger partial charge in [0.15, 0.2) is 0 Å². The number of nitrogens with one attached hydrogen (secondary N) is 1. The first-order valence-electron chi connectivity index (χ1n) is 9.69. The molecular weight excluding hydrogens is 332 g/mol. The van der Waals surface area contributed by atoms with Gasteiger partial charge in [0.2, 0.25) is 0 Å². The summed E-state index contributed by atoms with van der Waals surface area (Å²) in [6, 6.07) is 0.739. The van der Waals surface area contributed by atoms with Crippen LogP contribution in [0.25, 0.3) is 0 Å². The smallest absolute Gasteiger partial charge is 0.317 e. The highest BCUT2D eigenvalue weighted by Gasteiger charge is 2.51. The molecule has 3 heterocycles. The predicted molar refractivity (Wildman–Crippen MR) is 96.0 cm³/mol. The van der Waals surface area contributed by atoms with Gasteiger partial charge in [0.25, 0.3) is 0 Å². The molecule has 7 heteroatoms. The normalized spacial score (nSPS) is 28.8. The van der Waals surface area contributed by atoms with Crippen molar-refractivity contribution in [2.45, 2.75) is 45.1 Å². The van der Waals surface area contributed by atoms with Crippen molar-refractivity contribution in [1.29, 1.82) is 0 Å². The van der Waals surface area contributed by atoms with Crippen LogP contribution in [0.2, 0.25) is 0 Å². The fraction of sp³-hybridized carbons (Fsp3) is 0.737. The highest BCUT2D eigenvalue weighted by atomic mass is 16.5. The van der Waals surface area contributed by atoms with Crippen LogP contribution < -0.4 is 10.1 Å². The van der Waals surface area contributed by atoms with Gasteiger partial charge < -0.3 is 19.7 Å². The Balaban J connectivity index is 1.36.